The Bertz CT molecular complexity index is 1160. The molecule has 0 spiro atoms. The molecule has 3 aromatic carbocycles. The van der Waals surface area contributed by atoms with Crippen molar-refractivity contribution in [1.29, 1.82) is 0 Å². The van der Waals surface area contributed by atoms with Crippen LogP contribution in [-0.2, 0) is 5.41 Å². The highest BCUT2D eigenvalue weighted by molar-refractivity contribution is 5.88. The molecule has 2 heteroatoms. The van der Waals surface area contributed by atoms with Gasteiger partial charge in [0.1, 0.15) is 0 Å². The van der Waals surface area contributed by atoms with Crippen LogP contribution in [0.4, 0.5) is 11.4 Å². The van der Waals surface area contributed by atoms with Gasteiger partial charge in [0, 0.05) is 11.4 Å². The summed E-state index contributed by atoms with van der Waals surface area (Å²) in [6, 6.07) is 22.0. The second kappa shape index (κ2) is 6.91. The molecule has 0 aromatic heterocycles. The second-order valence-electron chi connectivity index (χ2n) is 8.63. The minimum atomic E-state index is -0.357. The van der Waals surface area contributed by atoms with E-state index >= 15 is 0 Å². The molecule has 0 atom stereocenters. The van der Waals surface area contributed by atoms with Crippen molar-refractivity contribution in [3.63, 3.8) is 0 Å². The van der Waals surface area contributed by atoms with Gasteiger partial charge < -0.3 is 11.5 Å². The molecule has 5 rings (SSSR count). The summed E-state index contributed by atoms with van der Waals surface area (Å²) >= 11 is 0. The zero-order valence-electron chi connectivity index (χ0n) is 17.7. The van der Waals surface area contributed by atoms with Crippen LogP contribution < -0.4 is 11.5 Å². The van der Waals surface area contributed by atoms with E-state index in [1.54, 1.807) is 0 Å². The Hall–Kier alpha value is -3.26. The molecule has 0 bridgehead atoms. The minimum absolute atomic E-state index is 0.357. The summed E-state index contributed by atoms with van der Waals surface area (Å²) in [4.78, 5) is 0. The van der Waals surface area contributed by atoms with E-state index in [2.05, 4.69) is 86.7 Å². The highest BCUT2D eigenvalue weighted by Gasteiger charge is 2.46. The fourth-order valence-corrected chi connectivity index (χ4v) is 5.29. The van der Waals surface area contributed by atoms with E-state index in [-0.39, 0.29) is 5.41 Å². The van der Waals surface area contributed by atoms with E-state index in [1.165, 1.54) is 39.8 Å². The topological polar surface area (TPSA) is 52.0 Å². The van der Waals surface area contributed by atoms with E-state index in [1.807, 2.05) is 0 Å². The molecule has 0 fully saturated rings. The lowest BCUT2D eigenvalue weighted by Gasteiger charge is -2.35. The Morgan fingerprint density at radius 1 is 0.800 bits per heavy atom. The number of nitrogens with two attached hydrogens (primary N) is 2. The van der Waals surface area contributed by atoms with E-state index in [9.17, 15) is 0 Å². The third-order valence-corrected chi connectivity index (χ3v) is 6.87. The highest BCUT2D eigenvalue weighted by Crippen LogP contribution is 2.57. The first-order valence-corrected chi connectivity index (χ1v) is 10.8. The number of hydrogen-bond donors (Lipinski definition) is 2. The SMILES string of the molecule is Cc1cc(C2(c3ccc(N)c(C)c3)C3=C(CCCC=C3)c3ccccc32)ccc1N. The average molecular weight is 393 g/mol. The van der Waals surface area contributed by atoms with Crippen molar-refractivity contribution in [2.45, 2.75) is 38.5 Å². The van der Waals surface area contributed by atoms with Crippen molar-refractivity contribution in [2.24, 2.45) is 0 Å². The molecular formula is C28H28N2. The summed E-state index contributed by atoms with van der Waals surface area (Å²) in [6.45, 7) is 4.19. The van der Waals surface area contributed by atoms with Crippen LogP contribution in [0.2, 0.25) is 0 Å². The van der Waals surface area contributed by atoms with Crippen LogP contribution in [0.5, 0.6) is 0 Å². The van der Waals surface area contributed by atoms with Gasteiger partial charge in [-0.3, -0.25) is 0 Å². The number of allylic oxidation sites excluding steroid dienone is 4. The maximum atomic E-state index is 6.22. The van der Waals surface area contributed by atoms with Crippen LogP contribution in [0.3, 0.4) is 0 Å². The third-order valence-electron chi connectivity index (χ3n) is 6.87. The van der Waals surface area contributed by atoms with Crippen molar-refractivity contribution >= 4 is 16.9 Å². The third kappa shape index (κ3) is 2.56. The average Bonchev–Trinajstić information content (AvgIpc) is 2.87. The zero-order valence-corrected chi connectivity index (χ0v) is 17.7. The van der Waals surface area contributed by atoms with Crippen LogP contribution in [0.1, 0.15) is 52.6 Å². The van der Waals surface area contributed by atoms with Crippen molar-refractivity contribution in [3.8, 4) is 0 Å². The summed E-state index contributed by atoms with van der Waals surface area (Å²) in [5.74, 6) is 0. The number of anilines is 2. The Morgan fingerprint density at radius 3 is 2.07 bits per heavy atom. The maximum Gasteiger partial charge on any atom is 0.0710 e. The molecule has 0 saturated carbocycles. The van der Waals surface area contributed by atoms with Gasteiger partial charge in [0.25, 0.3) is 0 Å². The van der Waals surface area contributed by atoms with E-state index in [0.717, 1.165) is 35.3 Å². The smallest absolute Gasteiger partial charge is 0.0710 e. The molecule has 2 aliphatic rings. The summed E-state index contributed by atoms with van der Waals surface area (Å²) in [7, 11) is 0. The predicted octanol–water partition coefficient (Wildman–Crippen LogP) is 6.31. The number of rotatable bonds is 2. The molecule has 2 nitrogen and oxygen atoms in total. The minimum Gasteiger partial charge on any atom is -0.399 e. The van der Waals surface area contributed by atoms with Gasteiger partial charge in [-0.25, -0.2) is 0 Å². The Morgan fingerprint density at radius 2 is 1.43 bits per heavy atom. The summed E-state index contributed by atoms with van der Waals surface area (Å²) in [5.41, 5.74) is 24.1. The largest absolute Gasteiger partial charge is 0.399 e. The monoisotopic (exact) mass is 392 g/mol. The second-order valence-corrected chi connectivity index (χ2v) is 8.63. The molecule has 0 radical (unpaired) electrons. The number of benzene rings is 3. The summed E-state index contributed by atoms with van der Waals surface area (Å²) in [6.07, 6.45) is 8.12. The molecule has 0 heterocycles. The fourth-order valence-electron chi connectivity index (χ4n) is 5.29. The van der Waals surface area contributed by atoms with Gasteiger partial charge in [-0.1, -0.05) is 60.7 Å². The van der Waals surface area contributed by atoms with Gasteiger partial charge in [-0.2, -0.15) is 0 Å². The normalized spacial score (nSPS) is 16.9. The quantitative estimate of drug-likeness (QED) is 0.502. The lowest BCUT2D eigenvalue weighted by atomic mass is 9.66. The Labute approximate surface area is 178 Å². The van der Waals surface area contributed by atoms with Gasteiger partial charge in [0.15, 0.2) is 0 Å². The molecule has 2 aliphatic carbocycles. The van der Waals surface area contributed by atoms with E-state index < -0.39 is 0 Å². The molecule has 0 saturated heterocycles. The molecule has 3 aromatic rings. The Kier molecular flexibility index (Phi) is 4.32. The molecular weight excluding hydrogens is 364 g/mol. The van der Waals surface area contributed by atoms with E-state index in [0.29, 0.717) is 0 Å². The van der Waals surface area contributed by atoms with Crippen LogP contribution in [0.25, 0.3) is 5.57 Å². The van der Waals surface area contributed by atoms with Gasteiger partial charge in [0.2, 0.25) is 0 Å². The molecule has 4 N–H and O–H groups in total. The van der Waals surface area contributed by atoms with Crippen LogP contribution in [0, 0.1) is 13.8 Å². The maximum absolute atomic E-state index is 6.22. The van der Waals surface area contributed by atoms with Crippen LogP contribution >= 0.6 is 0 Å². The fraction of sp³-hybridized carbons (Fsp3) is 0.214. The van der Waals surface area contributed by atoms with Crippen molar-refractivity contribution in [2.75, 3.05) is 11.5 Å². The van der Waals surface area contributed by atoms with E-state index in [4.69, 9.17) is 11.5 Å². The first kappa shape index (κ1) is 18.7. The number of fused-ring (bicyclic) bond motifs is 2. The first-order valence-electron chi connectivity index (χ1n) is 10.8. The lowest BCUT2D eigenvalue weighted by Crippen LogP contribution is -2.29. The van der Waals surface area contributed by atoms with Gasteiger partial charge in [0.05, 0.1) is 5.41 Å². The summed E-state index contributed by atoms with van der Waals surface area (Å²) in [5, 5.41) is 0. The first-order chi connectivity index (χ1) is 14.5. The predicted molar refractivity (Wildman–Crippen MR) is 127 cm³/mol. The molecule has 0 amide bonds. The molecule has 0 unspecified atom stereocenters. The van der Waals surface area contributed by atoms with Crippen molar-refractivity contribution in [1.82, 2.24) is 0 Å². The van der Waals surface area contributed by atoms with Crippen molar-refractivity contribution in [3.05, 3.63) is 112 Å². The number of hydrogen-bond acceptors (Lipinski definition) is 2. The number of aryl methyl sites for hydroxylation is 2. The van der Waals surface area contributed by atoms with Crippen LogP contribution in [0.15, 0.2) is 78.4 Å². The van der Waals surface area contributed by atoms with Gasteiger partial charge >= 0.3 is 0 Å². The highest BCUT2D eigenvalue weighted by atomic mass is 14.6. The van der Waals surface area contributed by atoms with Crippen LogP contribution in [-0.4, -0.2) is 0 Å². The van der Waals surface area contributed by atoms with Crippen molar-refractivity contribution < 1.29 is 0 Å². The standard InChI is InChI=1S/C28H28N2/c1-18-16-20(12-14-26(18)29)28(21-13-15-27(30)19(2)17-21)24-10-5-3-4-8-22(24)23-9-6-7-11-25(23)28/h5-7,9-17H,3-4,8,29-30H2,1-2H3. The zero-order chi connectivity index (χ0) is 20.9. The summed E-state index contributed by atoms with van der Waals surface area (Å²) < 4.78 is 0. The number of nitrogen functional groups attached to an aromatic ring is 2. The Balaban J connectivity index is 1.94. The van der Waals surface area contributed by atoms with Gasteiger partial charge in [-0.05, 0) is 89.8 Å². The van der Waals surface area contributed by atoms with Gasteiger partial charge in [-0.15, -0.1) is 0 Å². The molecule has 30 heavy (non-hydrogen) atoms. The molecule has 0 aliphatic heterocycles. The molecule has 150 valence electrons. The lowest BCUT2D eigenvalue weighted by molar-refractivity contribution is 0.759.